The first-order valence-electron chi connectivity index (χ1n) is 7.66. The smallest absolute Gasteiger partial charge is 0.266 e. The van der Waals surface area contributed by atoms with Crippen LogP contribution in [0, 0.1) is 13.8 Å². The van der Waals surface area contributed by atoms with Crippen LogP contribution in [0.15, 0.2) is 29.4 Å². The summed E-state index contributed by atoms with van der Waals surface area (Å²) in [6, 6.07) is 8.20. The maximum atomic E-state index is 12.2. The molecule has 1 aromatic carbocycles. The molecule has 2 aromatic rings. The topological polar surface area (TPSA) is 41.5 Å². The molecule has 114 valence electrons. The van der Waals surface area contributed by atoms with Crippen LogP contribution in [-0.4, -0.2) is 12.1 Å². The number of fused-ring (bicyclic) bond motifs is 1. The Kier molecular flexibility index (Phi) is 4.39. The molecule has 22 heavy (non-hydrogen) atoms. The van der Waals surface area contributed by atoms with Crippen molar-refractivity contribution in [2.24, 2.45) is 5.10 Å². The zero-order valence-electron chi connectivity index (χ0n) is 13.0. The number of aryl methyl sites for hydroxylation is 4. The van der Waals surface area contributed by atoms with Crippen molar-refractivity contribution in [1.29, 1.82) is 0 Å². The van der Waals surface area contributed by atoms with E-state index in [1.807, 2.05) is 25.1 Å². The van der Waals surface area contributed by atoms with E-state index in [2.05, 4.69) is 23.5 Å². The van der Waals surface area contributed by atoms with E-state index < -0.39 is 0 Å². The van der Waals surface area contributed by atoms with Crippen molar-refractivity contribution < 1.29 is 4.79 Å². The Morgan fingerprint density at radius 3 is 2.82 bits per heavy atom. The molecule has 3 rings (SSSR count). The van der Waals surface area contributed by atoms with E-state index in [9.17, 15) is 4.79 Å². The Labute approximate surface area is 135 Å². The van der Waals surface area contributed by atoms with Crippen LogP contribution in [0.4, 0.5) is 0 Å². The van der Waals surface area contributed by atoms with Gasteiger partial charge in [-0.3, -0.25) is 4.79 Å². The van der Waals surface area contributed by atoms with E-state index in [1.54, 1.807) is 17.6 Å². The van der Waals surface area contributed by atoms with Crippen LogP contribution in [0.1, 0.15) is 49.6 Å². The number of nitrogens with zero attached hydrogens (tertiary/aromatic N) is 1. The molecule has 1 N–H and O–H groups in total. The first-order chi connectivity index (χ1) is 10.6. The molecule has 0 saturated heterocycles. The van der Waals surface area contributed by atoms with Gasteiger partial charge in [0.05, 0.1) is 11.1 Å². The van der Waals surface area contributed by atoms with Gasteiger partial charge in [0, 0.05) is 4.88 Å². The number of amides is 1. The fraction of sp³-hybridized carbons (Fsp3) is 0.333. The predicted molar refractivity (Wildman–Crippen MR) is 91.9 cm³/mol. The second kappa shape index (κ2) is 6.44. The van der Waals surface area contributed by atoms with Gasteiger partial charge in [0.15, 0.2) is 0 Å². The van der Waals surface area contributed by atoms with Gasteiger partial charge in [-0.2, -0.15) is 5.10 Å². The van der Waals surface area contributed by atoms with Crippen LogP contribution in [0.5, 0.6) is 0 Å². The maximum absolute atomic E-state index is 12.2. The Bertz CT molecular complexity index is 707. The third kappa shape index (κ3) is 3.28. The van der Waals surface area contributed by atoms with Crippen LogP contribution < -0.4 is 5.43 Å². The molecular formula is C18H20N2OS. The lowest BCUT2D eigenvalue weighted by Crippen LogP contribution is -2.16. The number of rotatable bonds is 3. The van der Waals surface area contributed by atoms with E-state index in [1.165, 1.54) is 28.8 Å². The fourth-order valence-electron chi connectivity index (χ4n) is 2.79. The lowest BCUT2D eigenvalue weighted by atomic mass is 9.99. The second-order valence-electron chi connectivity index (χ2n) is 5.83. The van der Waals surface area contributed by atoms with Crippen molar-refractivity contribution in [3.8, 4) is 0 Å². The number of nitrogens with one attached hydrogen (secondary N) is 1. The number of carbonyl (C=O) groups excluding carboxylic acids is 1. The highest BCUT2D eigenvalue weighted by Crippen LogP contribution is 2.29. The number of benzene rings is 1. The Morgan fingerprint density at radius 2 is 2.05 bits per heavy atom. The zero-order valence-corrected chi connectivity index (χ0v) is 13.8. The summed E-state index contributed by atoms with van der Waals surface area (Å²) >= 11 is 1.61. The normalized spacial score (nSPS) is 14.1. The number of thiophene rings is 1. The molecule has 0 fully saturated rings. The zero-order chi connectivity index (χ0) is 15.5. The summed E-state index contributed by atoms with van der Waals surface area (Å²) in [7, 11) is 0. The van der Waals surface area contributed by atoms with Crippen LogP contribution >= 0.6 is 11.3 Å². The van der Waals surface area contributed by atoms with E-state index in [0.717, 1.165) is 28.8 Å². The summed E-state index contributed by atoms with van der Waals surface area (Å²) in [5.41, 5.74) is 7.39. The van der Waals surface area contributed by atoms with Crippen LogP contribution in [0.25, 0.3) is 0 Å². The minimum Gasteiger partial charge on any atom is -0.266 e. The molecule has 0 spiro atoms. The molecule has 0 unspecified atom stereocenters. The number of carbonyl (C=O) groups is 1. The summed E-state index contributed by atoms with van der Waals surface area (Å²) in [6.07, 6.45) is 6.39. The minimum absolute atomic E-state index is 0.111. The van der Waals surface area contributed by atoms with E-state index in [-0.39, 0.29) is 5.91 Å². The molecule has 0 bridgehead atoms. The quantitative estimate of drug-likeness (QED) is 0.675. The van der Waals surface area contributed by atoms with Crippen molar-refractivity contribution >= 4 is 23.5 Å². The van der Waals surface area contributed by atoms with Gasteiger partial charge in [0.2, 0.25) is 0 Å². The van der Waals surface area contributed by atoms with Gasteiger partial charge in [0.1, 0.15) is 0 Å². The Balaban J connectivity index is 1.66. The lowest BCUT2D eigenvalue weighted by Gasteiger charge is -2.08. The van der Waals surface area contributed by atoms with Crippen molar-refractivity contribution in [3.05, 3.63) is 56.3 Å². The average Bonchev–Trinajstić information content (AvgIpc) is 2.93. The highest BCUT2D eigenvalue weighted by molar-refractivity contribution is 7.14. The highest BCUT2D eigenvalue weighted by atomic mass is 32.1. The lowest BCUT2D eigenvalue weighted by molar-refractivity contribution is 0.0959. The van der Waals surface area contributed by atoms with Crippen molar-refractivity contribution in [1.82, 2.24) is 5.43 Å². The van der Waals surface area contributed by atoms with Gasteiger partial charge in [-0.25, -0.2) is 5.43 Å². The van der Waals surface area contributed by atoms with Gasteiger partial charge >= 0.3 is 0 Å². The first kappa shape index (κ1) is 15.0. The van der Waals surface area contributed by atoms with E-state index in [0.29, 0.717) is 0 Å². The van der Waals surface area contributed by atoms with Crippen molar-refractivity contribution in [2.45, 2.75) is 39.5 Å². The van der Waals surface area contributed by atoms with Gasteiger partial charge in [-0.1, -0.05) is 23.8 Å². The summed E-state index contributed by atoms with van der Waals surface area (Å²) in [4.78, 5) is 14.3. The summed E-state index contributed by atoms with van der Waals surface area (Å²) in [6.45, 7) is 4.11. The van der Waals surface area contributed by atoms with Crippen LogP contribution in [0.3, 0.4) is 0 Å². The second-order valence-corrected chi connectivity index (χ2v) is 6.96. The number of hydrogen-bond donors (Lipinski definition) is 1. The van der Waals surface area contributed by atoms with Crippen molar-refractivity contribution in [3.63, 3.8) is 0 Å². The number of hydrazone groups is 1. The highest BCUT2D eigenvalue weighted by Gasteiger charge is 2.16. The minimum atomic E-state index is -0.111. The third-order valence-corrected chi connectivity index (χ3v) is 5.25. The Morgan fingerprint density at radius 1 is 1.23 bits per heavy atom. The summed E-state index contributed by atoms with van der Waals surface area (Å²) in [5, 5.41) is 4.10. The standard InChI is InChI=1S/C18H20N2OS/c1-12-7-8-15(13(2)9-12)11-19-20-18(21)17-10-14-5-3-4-6-16(14)22-17/h7-11H,3-6H2,1-2H3,(H,20,21)/b19-11+. The summed E-state index contributed by atoms with van der Waals surface area (Å²) in [5.74, 6) is -0.111. The predicted octanol–water partition coefficient (Wildman–Crippen LogP) is 4.01. The van der Waals surface area contributed by atoms with Crippen molar-refractivity contribution in [2.75, 3.05) is 0 Å². The molecule has 0 atom stereocenters. The monoisotopic (exact) mass is 312 g/mol. The molecule has 3 nitrogen and oxygen atoms in total. The molecule has 4 heteroatoms. The molecule has 1 heterocycles. The van der Waals surface area contributed by atoms with Gasteiger partial charge in [0.25, 0.3) is 5.91 Å². The molecular weight excluding hydrogens is 292 g/mol. The molecule has 1 amide bonds. The molecule has 0 radical (unpaired) electrons. The molecule has 1 aliphatic rings. The molecule has 0 aliphatic heterocycles. The SMILES string of the molecule is Cc1ccc(/C=N/NC(=O)c2cc3c(s2)CCCC3)c(C)c1. The average molecular weight is 312 g/mol. The number of hydrogen-bond acceptors (Lipinski definition) is 3. The van der Waals surface area contributed by atoms with E-state index in [4.69, 9.17) is 0 Å². The third-order valence-electron chi connectivity index (χ3n) is 4.02. The van der Waals surface area contributed by atoms with Crippen LogP contribution in [0.2, 0.25) is 0 Å². The molecule has 0 saturated carbocycles. The van der Waals surface area contributed by atoms with E-state index >= 15 is 0 Å². The van der Waals surface area contributed by atoms with Gasteiger partial charge in [-0.05, 0) is 62.3 Å². The maximum Gasteiger partial charge on any atom is 0.281 e. The Hall–Kier alpha value is -1.94. The molecule has 1 aromatic heterocycles. The largest absolute Gasteiger partial charge is 0.281 e. The first-order valence-corrected chi connectivity index (χ1v) is 8.47. The van der Waals surface area contributed by atoms with Gasteiger partial charge in [-0.15, -0.1) is 11.3 Å². The van der Waals surface area contributed by atoms with Gasteiger partial charge < -0.3 is 0 Å². The fourth-order valence-corrected chi connectivity index (χ4v) is 3.93. The summed E-state index contributed by atoms with van der Waals surface area (Å²) < 4.78 is 0. The molecule has 1 aliphatic carbocycles. The van der Waals surface area contributed by atoms with Crippen LogP contribution in [-0.2, 0) is 12.8 Å².